The summed E-state index contributed by atoms with van der Waals surface area (Å²) in [5.41, 5.74) is 7.89. The highest BCUT2D eigenvalue weighted by atomic mass is 15.2. The number of hydrogen-bond donors (Lipinski definition) is 1. The molecule has 0 heterocycles. The molecule has 112 valence electrons. The van der Waals surface area contributed by atoms with Crippen LogP contribution in [0.2, 0.25) is 0 Å². The summed E-state index contributed by atoms with van der Waals surface area (Å²) in [6, 6.07) is 11.6. The molecule has 1 saturated carbocycles. The van der Waals surface area contributed by atoms with Crippen molar-refractivity contribution in [1.82, 2.24) is 4.90 Å². The first-order valence-electron chi connectivity index (χ1n) is 8.07. The van der Waals surface area contributed by atoms with Crippen molar-refractivity contribution in [2.75, 3.05) is 6.54 Å². The number of rotatable bonds is 7. The van der Waals surface area contributed by atoms with E-state index in [0.717, 1.165) is 5.92 Å². The Morgan fingerprint density at radius 3 is 2.15 bits per heavy atom. The monoisotopic (exact) mass is 274 g/mol. The molecule has 1 fully saturated rings. The first-order chi connectivity index (χ1) is 9.50. The van der Waals surface area contributed by atoms with Crippen LogP contribution in [0.25, 0.3) is 0 Å². The first-order valence-corrected chi connectivity index (χ1v) is 8.07. The molecule has 1 aliphatic carbocycles. The molecular formula is C18H30N2. The zero-order valence-electron chi connectivity index (χ0n) is 13.4. The Hall–Kier alpha value is -0.860. The highest BCUT2D eigenvalue weighted by Gasteiger charge is 2.34. The quantitative estimate of drug-likeness (QED) is 0.818. The normalized spacial score (nSPS) is 18.8. The fraction of sp³-hybridized carbons (Fsp3) is 0.667. The van der Waals surface area contributed by atoms with Gasteiger partial charge in [-0.05, 0) is 44.1 Å². The van der Waals surface area contributed by atoms with E-state index in [1.54, 1.807) is 0 Å². The van der Waals surface area contributed by atoms with Crippen LogP contribution in [0.3, 0.4) is 0 Å². The Kier molecular flexibility index (Phi) is 5.22. The molecule has 2 nitrogen and oxygen atoms in total. The second-order valence-corrected chi connectivity index (χ2v) is 6.90. The molecule has 0 amide bonds. The van der Waals surface area contributed by atoms with Crippen molar-refractivity contribution in [3.05, 3.63) is 35.9 Å². The van der Waals surface area contributed by atoms with Crippen LogP contribution in [0.1, 0.15) is 52.1 Å². The van der Waals surface area contributed by atoms with Gasteiger partial charge in [-0.25, -0.2) is 0 Å². The van der Waals surface area contributed by atoms with Crippen molar-refractivity contribution in [1.29, 1.82) is 0 Å². The Labute approximate surface area is 124 Å². The van der Waals surface area contributed by atoms with E-state index in [1.807, 2.05) is 0 Å². The molecule has 2 atom stereocenters. The second-order valence-electron chi connectivity index (χ2n) is 6.90. The predicted octanol–water partition coefficient (Wildman–Crippen LogP) is 3.83. The van der Waals surface area contributed by atoms with Gasteiger partial charge in [0.2, 0.25) is 0 Å². The summed E-state index contributed by atoms with van der Waals surface area (Å²) in [6.07, 6.45) is 2.79. The lowest BCUT2D eigenvalue weighted by Crippen LogP contribution is -2.50. The van der Waals surface area contributed by atoms with Crippen LogP contribution < -0.4 is 5.73 Å². The average molecular weight is 274 g/mol. The topological polar surface area (TPSA) is 29.3 Å². The van der Waals surface area contributed by atoms with Gasteiger partial charge in [-0.15, -0.1) is 0 Å². The van der Waals surface area contributed by atoms with Gasteiger partial charge in [-0.1, -0.05) is 44.2 Å². The maximum atomic E-state index is 6.63. The minimum absolute atomic E-state index is 0.0948. The third kappa shape index (κ3) is 3.83. The van der Waals surface area contributed by atoms with Crippen LogP contribution in [0.4, 0.5) is 0 Å². The third-order valence-corrected chi connectivity index (χ3v) is 4.45. The highest BCUT2D eigenvalue weighted by molar-refractivity contribution is 5.20. The number of nitrogens with two attached hydrogens (primary N) is 1. The van der Waals surface area contributed by atoms with Crippen molar-refractivity contribution in [2.45, 2.75) is 58.7 Å². The average Bonchev–Trinajstić information content (AvgIpc) is 3.22. The molecule has 2 heteroatoms. The van der Waals surface area contributed by atoms with Gasteiger partial charge in [0, 0.05) is 24.7 Å². The number of nitrogens with zero attached hydrogens (tertiary/aromatic N) is 1. The van der Waals surface area contributed by atoms with Crippen LogP contribution in [0, 0.1) is 11.8 Å². The Morgan fingerprint density at radius 1 is 1.10 bits per heavy atom. The van der Waals surface area contributed by atoms with Crippen LogP contribution >= 0.6 is 0 Å². The lowest BCUT2D eigenvalue weighted by Gasteiger charge is -2.41. The summed E-state index contributed by atoms with van der Waals surface area (Å²) in [7, 11) is 0. The zero-order valence-corrected chi connectivity index (χ0v) is 13.4. The molecule has 20 heavy (non-hydrogen) atoms. The fourth-order valence-corrected chi connectivity index (χ4v) is 3.15. The molecule has 1 aliphatic rings. The largest absolute Gasteiger partial charge is 0.323 e. The maximum Gasteiger partial charge on any atom is 0.0455 e. The van der Waals surface area contributed by atoms with Gasteiger partial charge < -0.3 is 5.73 Å². The van der Waals surface area contributed by atoms with E-state index >= 15 is 0 Å². The van der Waals surface area contributed by atoms with Crippen molar-refractivity contribution < 1.29 is 0 Å². The second kappa shape index (κ2) is 6.73. The number of hydrogen-bond acceptors (Lipinski definition) is 2. The van der Waals surface area contributed by atoms with Gasteiger partial charge in [0.25, 0.3) is 0 Å². The molecule has 0 bridgehead atoms. The molecule has 2 unspecified atom stereocenters. The summed E-state index contributed by atoms with van der Waals surface area (Å²) in [6.45, 7) is 10.4. The molecule has 2 N–H and O–H groups in total. The third-order valence-electron chi connectivity index (χ3n) is 4.45. The van der Waals surface area contributed by atoms with Gasteiger partial charge in [0.1, 0.15) is 0 Å². The standard InChI is InChI=1S/C18H30N2/c1-13(2)18(17(19)16-8-6-5-7-9-16)20(14(3)4)12-15-10-11-15/h5-9,13-15,17-18H,10-12,19H2,1-4H3. The van der Waals surface area contributed by atoms with Crippen LogP contribution in [0.5, 0.6) is 0 Å². The molecule has 1 aromatic carbocycles. The molecule has 1 aromatic rings. The van der Waals surface area contributed by atoms with E-state index in [4.69, 9.17) is 5.73 Å². The van der Waals surface area contributed by atoms with Crippen molar-refractivity contribution >= 4 is 0 Å². The smallest absolute Gasteiger partial charge is 0.0455 e. The van der Waals surface area contributed by atoms with Gasteiger partial charge in [-0.2, -0.15) is 0 Å². The van der Waals surface area contributed by atoms with Crippen LogP contribution in [0.15, 0.2) is 30.3 Å². The van der Waals surface area contributed by atoms with Gasteiger partial charge in [0.05, 0.1) is 0 Å². The lowest BCUT2D eigenvalue weighted by atomic mass is 9.89. The number of benzene rings is 1. The fourth-order valence-electron chi connectivity index (χ4n) is 3.15. The Morgan fingerprint density at radius 2 is 1.70 bits per heavy atom. The summed E-state index contributed by atoms with van der Waals surface area (Å²) in [4.78, 5) is 2.64. The lowest BCUT2D eigenvalue weighted by molar-refractivity contribution is 0.0915. The summed E-state index contributed by atoms with van der Waals surface area (Å²) >= 11 is 0. The Balaban J connectivity index is 2.19. The molecule has 0 aliphatic heterocycles. The Bertz CT molecular complexity index is 395. The van der Waals surface area contributed by atoms with Crippen molar-refractivity contribution in [2.24, 2.45) is 17.6 Å². The van der Waals surface area contributed by atoms with Gasteiger partial charge in [-0.3, -0.25) is 4.90 Å². The highest BCUT2D eigenvalue weighted by Crippen LogP contribution is 2.34. The van der Waals surface area contributed by atoms with E-state index in [0.29, 0.717) is 18.0 Å². The maximum absolute atomic E-state index is 6.63. The van der Waals surface area contributed by atoms with E-state index < -0.39 is 0 Å². The minimum Gasteiger partial charge on any atom is -0.323 e. The van der Waals surface area contributed by atoms with Crippen LogP contribution in [-0.4, -0.2) is 23.5 Å². The SMILES string of the molecule is CC(C)C(C(N)c1ccccc1)N(CC1CC1)C(C)C. The first kappa shape index (κ1) is 15.5. The zero-order chi connectivity index (χ0) is 14.7. The van der Waals surface area contributed by atoms with Crippen LogP contribution in [-0.2, 0) is 0 Å². The molecule has 0 aromatic heterocycles. The van der Waals surface area contributed by atoms with E-state index in [9.17, 15) is 0 Å². The molecule has 2 rings (SSSR count). The van der Waals surface area contributed by atoms with Crippen molar-refractivity contribution in [3.8, 4) is 0 Å². The summed E-state index contributed by atoms with van der Waals surface area (Å²) in [5, 5.41) is 0. The molecule has 0 saturated heterocycles. The van der Waals surface area contributed by atoms with Crippen molar-refractivity contribution in [3.63, 3.8) is 0 Å². The van der Waals surface area contributed by atoms with E-state index in [1.165, 1.54) is 24.9 Å². The summed E-state index contributed by atoms with van der Waals surface area (Å²) < 4.78 is 0. The molecular weight excluding hydrogens is 244 g/mol. The predicted molar refractivity (Wildman–Crippen MR) is 86.6 cm³/mol. The molecule has 0 radical (unpaired) electrons. The minimum atomic E-state index is 0.0948. The molecule has 0 spiro atoms. The van der Waals surface area contributed by atoms with Gasteiger partial charge >= 0.3 is 0 Å². The van der Waals surface area contributed by atoms with Gasteiger partial charge in [0.15, 0.2) is 0 Å². The summed E-state index contributed by atoms with van der Waals surface area (Å²) in [5.74, 6) is 1.47. The van der Waals surface area contributed by atoms with E-state index in [-0.39, 0.29) is 6.04 Å². The van der Waals surface area contributed by atoms with E-state index in [2.05, 4.69) is 62.9 Å².